The maximum absolute atomic E-state index is 13.4. The third-order valence-corrected chi connectivity index (χ3v) is 3.41. The lowest BCUT2D eigenvalue weighted by atomic mass is 9.80. The highest BCUT2D eigenvalue weighted by Gasteiger charge is 2.34. The first-order valence-electron chi connectivity index (χ1n) is 5.56. The number of aliphatic hydroxyl groups is 1. The maximum Gasteiger partial charge on any atom is 0.254 e. The van der Waals surface area contributed by atoms with Crippen LogP contribution in [0.3, 0.4) is 0 Å². The molecule has 1 aromatic rings. The fourth-order valence-corrected chi connectivity index (χ4v) is 1.95. The van der Waals surface area contributed by atoms with Gasteiger partial charge in [0, 0.05) is 6.54 Å². The molecule has 0 aliphatic heterocycles. The van der Waals surface area contributed by atoms with Gasteiger partial charge in [0.2, 0.25) is 0 Å². The van der Waals surface area contributed by atoms with E-state index in [0.717, 1.165) is 18.6 Å². The largest absolute Gasteiger partial charge is 0.388 e. The number of hydrogen-bond acceptors (Lipinski definition) is 2. The molecule has 1 aliphatic carbocycles. The lowest BCUT2D eigenvalue weighted by molar-refractivity contribution is -0.0300. The van der Waals surface area contributed by atoms with Gasteiger partial charge in [0.25, 0.3) is 5.91 Å². The number of carbonyl (C=O) groups is 1. The molecule has 0 heterocycles. The average Bonchev–Trinajstić information content (AvgIpc) is 2.28. The molecule has 0 radical (unpaired) electrons. The summed E-state index contributed by atoms with van der Waals surface area (Å²) in [4.78, 5) is 11.6. The van der Waals surface area contributed by atoms with Gasteiger partial charge in [0.1, 0.15) is 11.6 Å². The van der Waals surface area contributed by atoms with Crippen LogP contribution < -0.4 is 5.32 Å². The highest BCUT2D eigenvalue weighted by atomic mass is 35.5. The van der Waals surface area contributed by atoms with Crippen LogP contribution in [-0.2, 0) is 0 Å². The van der Waals surface area contributed by atoms with Crippen molar-refractivity contribution < 1.29 is 18.7 Å². The molecule has 0 atom stereocenters. The fraction of sp³-hybridized carbons (Fsp3) is 0.417. The van der Waals surface area contributed by atoms with Crippen molar-refractivity contribution in [3.8, 4) is 0 Å². The highest BCUT2D eigenvalue weighted by Crippen LogP contribution is 2.30. The van der Waals surface area contributed by atoms with Crippen molar-refractivity contribution >= 4 is 17.5 Å². The number of nitrogens with one attached hydrogen (secondary N) is 1. The van der Waals surface area contributed by atoms with Crippen LogP contribution in [0.15, 0.2) is 12.1 Å². The average molecular weight is 276 g/mol. The molecule has 1 fully saturated rings. The van der Waals surface area contributed by atoms with Crippen LogP contribution in [0.25, 0.3) is 0 Å². The number of benzene rings is 1. The first-order valence-corrected chi connectivity index (χ1v) is 5.94. The van der Waals surface area contributed by atoms with Gasteiger partial charge in [-0.3, -0.25) is 4.79 Å². The molecular weight excluding hydrogens is 264 g/mol. The van der Waals surface area contributed by atoms with Crippen molar-refractivity contribution in [2.24, 2.45) is 0 Å². The Hall–Kier alpha value is -1.20. The summed E-state index contributed by atoms with van der Waals surface area (Å²) in [5, 5.41) is 11.8. The quantitative estimate of drug-likeness (QED) is 0.832. The first kappa shape index (κ1) is 13.2. The lowest BCUT2D eigenvalue weighted by Crippen LogP contribution is -2.47. The minimum Gasteiger partial charge on any atom is -0.388 e. The third-order valence-electron chi connectivity index (χ3n) is 3.12. The summed E-state index contributed by atoms with van der Waals surface area (Å²) in [7, 11) is 0. The first-order chi connectivity index (χ1) is 8.41. The number of halogens is 3. The van der Waals surface area contributed by atoms with Crippen LogP contribution in [0, 0.1) is 11.6 Å². The summed E-state index contributed by atoms with van der Waals surface area (Å²) < 4.78 is 26.6. The van der Waals surface area contributed by atoms with E-state index in [4.69, 9.17) is 11.6 Å². The standard InChI is InChI=1S/C12H12ClF2NO2/c13-8-5-9(14)7(4-10(8)15)11(17)16-6-12(18)2-1-3-12/h4-5,18H,1-3,6H2,(H,16,17). The van der Waals surface area contributed by atoms with Crippen LogP contribution in [-0.4, -0.2) is 23.2 Å². The third kappa shape index (κ3) is 2.62. The second-order valence-corrected chi connectivity index (χ2v) is 4.91. The molecule has 6 heteroatoms. The molecule has 18 heavy (non-hydrogen) atoms. The van der Waals surface area contributed by atoms with Crippen molar-refractivity contribution in [2.45, 2.75) is 24.9 Å². The monoisotopic (exact) mass is 275 g/mol. The van der Waals surface area contributed by atoms with Gasteiger partial charge in [-0.05, 0) is 31.4 Å². The van der Waals surface area contributed by atoms with Crippen LogP contribution in [0.1, 0.15) is 29.6 Å². The van der Waals surface area contributed by atoms with Crippen molar-refractivity contribution in [1.29, 1.82) is 0 Å². The van der Waals surface area contributed by atoms with E-state index >= 15 is 0 Å². The summed E-state index contributed by atoms with van der Waals surface area (Å²) in [5.41, 5.74) is -1.32. The molecule has 0 bridgehead atoms. The highest BCUT2D eigenvalue weighted by molar-refractivity contribution is 6.30. The summed E-state index contributed by atoms with van der Waals surface area (Å²) in [5.74, 6) is -2.51. The van der Waals surface area contributed by atoms with E-state index in [9.17, 15) is 18.7 Å². The summed E-state index contributed by atoms with van der Waals surface area (Å²) >= 11 is 5.39. The van der Waals surface area contributed by atoms with Crippen molar-refractivity contribution in [3.05, 3.63) is 34.4 Å². The van der Waals surface area contributed by atoms with Gasteiger partial charge in [-0.15, -0.1) is 0 Å². The molecule has 98 valence electrons. The second kappa shape index (κ2) is 4.82. The Balaban J connectivity index is 2.06. The lowest BCUT2D eigenvalue weighted by Gasteiger charge is -2.36. The van der Waals surface area contributed by atoms with Gasteiger partial charge in [-0.2, -0.15) is 0 Å². The van der Waals surface area contributed by atoms with Crippen LogP contribution in [0.5, 0.6) is 0 Å². The smallest absolute Gasteiger partial charge is 0.254 e. The molecule has 0 saturated heterocycles. The van der Waals surface area contributed by atoms with E-state index in [-0.39, 0.29) is 11.6 Å². The Bertz CT molecular complexity index is 489. The molecule has 1 saturated carbocycles. The van der Waals surface area contributed by atoms with Crippen LogP contribution >= 0.6 is 11.6 Å². The Morgan fingerprint density at radius 2 is 2.06 bits per heavy atom. The Morgan fingerprint density at radius 3 is 2.61 bits per heavy atom. The van der Waals surface area contributed by atoms with Crippen LogP contribution in [0.4, 0.5) is 8.78 Å². The van der Waals surface area contributed by atoms with E-state index < -0.39 is 28.7 Å². The van der Waals surface area contributed by atoms with E-state index in [1.165, 1.54) is 0 Å². The number of rotatable bonds is 3. The van der Waals surface area contributed by atoms with Gasteiger partial charge < -0.3 is 10.4 Å². The van der Waals surface area contributed by atoms with E-state index in [2.05, 4.69) is 5.32 Å². The van der Waals surface area contributed by atoms with Gasteiger partial charge >= 0.3 is 0 Å². The van der Waals surface area contributed by atoms with Gasteiger partial charge in [-0.1, -0.05) is 11.6 Å². The van der Waals surface area contributed by atoms with Gasteiger partial charge in [0.15, 0.2) is 0 Å². The van der Waals surface area contributed by atoms with Crippen molar-refractivity contribution in [2.75, 3.05) is 6.54 Å². The molecule has 3 nitrogen and oxygen atoms in total. The van der Waals surface area contributed by atoms with E-state index in [1.807, 2.05) is 0 Å². The second-order valence-electron chi connectivity index (χ2n) is 4.51. The Kier molecular flexibility index (Phi) is 3.54. The number of carbonyl (C=O) groups excluding carboxylic acids is 1. The predicted octanol–water partition coefficient (Wildman–Crippen LogP) is 2.26. The topological polar surface area (TPSA) is 49.3 Å². The zero-order chi connectivity index (χ0) is 13.3. The zero-order valence-corrected chi connectivity index (χ0v) is 10.2. The van der Waals surface area contributed by atoms with Gasteiger partial charge in [0.05, 0.1) is 16.2 Å². The van der Waals surface area contributed by atoms with E-state index in [0.29, 0.717) is 12.8 Å². The fourth-order valence-electron chi connectivity index (χ4n) is 1.80. The minimum absolute atomic E-state index is 0.0372. The Morgan fingerprint density at radius 1 is 1.39 bits per heavy atom. The molecule has 0 aromatic heterocycles. The summed E-state index contributed by atoms with van der Waals surface area (Å²) in [6, 6.07) is 1.50. The molecule has 0 unspecified atom stereocenters. The van der Waals surface area contributed by atoms with E-state index in [1.54, 1.807) is 0 Å². The molecule has 2 rings (SSSR count). The summed E-state index contributed by atoms with van der Waals surface area (Å²) in [6.45, 7) is 0.0372. The number of amides is 1. The molecular formula is C12H12ClF2NO2. The molecule has 0 spiro atoms. The molecule has 1 aromatic carbocycles. The Labute approximate surface area is 108 Å². The number of hydrogen-bond donors (Lipinski definition) is 2. The van der Waals surface area contributed by atoms with Crippen molar-refractivity contribution in [1.82, 2.24) is 5.32 Å². The van der Waals surface area contributed by atoms with Crippen LogP contribution in [0.2, 0.25) is 5.02 Å². The molecule has 2 N–H and O–H groups in total. The van der Waals surface area contributed by atoms with Gasteiger partial charge in [-0.25, -0.2) is 8.78 Å². The summed E-state index contributed by atoms with van der Waals surface area (Å²) in [6.07, 6.45) is 2.10. The normalized spacial score (nSPS) is 17.1. The minimum atomic E-state index is -0.906. The molecule has 1 aliphatic rings. The van der Waals surface area contributed by atoms with Crippen molar-refractivity contribution in [3.63, 3.8) is 0 Å². The predicted molar refractivity (Wildman–Crippen MR) is 62.5 cm³/mol. The molecule has 1 amide bonds. The zero-order valence-electron chi connectivity index (χ0n) is 9.47. The SMILES string of the molecule is O=C(NCC1(O)CCC1)c1cc(F)c(Cl)cc1F. The maximum atomic E-state index is 13.4.